The van der Waals surface area contributed by atoms with Gasteiger partial charge in [0, 0.05) is 26.7 Å². The number of rotatable bonds is 5. The molecule has 0 amide bonds. The van der Waals surface area contributed by atoms with E-state index in [2.05, 4.69) is 40.3 Å². The first-order valence-electron chi connectivity index (χ1n) is 9.26. The van der Waals surface area contributed by atoms with E-state index in [1.54, 1.807) is 5.57 Å². The molecule has 0 N–H and O–H groups in total. The Morgan fingerprint density at radius 1 is 1.27 bits per heavy atom. The molecule has 1 fully saturated rings. The minimum atomic E-state index is -0.377. The van der Waals surface area contributed by atoms with Gasteiger partial charge in [-0.1, -0.05) is 35.9 Å². The lowest BCUT2D eigenvalue weighted by molar-refractivity contribution is 0.0593. The first-order valence-corrected chi connectivity index (χ1v) is 9.26. The molecule has 0 saturated heterocycles. The number of nitrogens with zero attached hydrogens (tertiary/aromatic N) is 3. The number of methoxy groups -OCH3 is 1. The molecule has 0 atom stereocenters. The maximum atomic E-state index is 11.9. The monoisotopic (exact) mass is 351 g/mol. The fourth-order valence-electron chi connectivity index (χ4n) is 3.89. The lowest BCUT2D eigenvalue weighted by Crippen LogP contribution is -2.31. The molecule has 0 unspecified atom stereocenters. The zero-order valence-electron chi connectivity index (χ0n) is 15.4. The highest BCUT2D eigenvalue weighted by molar-refractivity contribution is 5.88. The van der Waals surface area contributed by atoms with Crippen LogP contribution >= 0.6 is 0 Å². The molecule has 5 heteroatoms. The Balaban J connectivity index is 1.62. The minimum Gasteiger partial charge on any atom is -0.464 e. The first kappa shape index (κ1) is 17.0. The van der Waals surface area contributed by atoms with Crippen molar-refractivity contribution in [2.24, 2.45) is 13.0 Å². The standard InChI is InChI=1S/C21H25N3O2/c1-23-20(12-19(22-23)21(25)26-2)18-14-24(11-10-17(18)16-8-9-16)13-15-6-4-3-5-7-15/h3-7,12,16H,8-11,13-14H2,1-2H3. The highest BCUT2D eigenvalue weighted by Gasteiger charge is 2.33. The molecule has 0 bridgehead atoms. The van der Waals surface area contributed by atoms with Crippen LogP contribution in [0.5, 0.6) is 0 Å². The van der Waals surface area contributed by atoms with Crippen LogP contribution in [0.1, 0.15) is 41.0 Å². The van der Waals surface area contributed by atoms with Crippen LogP contribution in [0.2, 0.25) is 0 Å². The van der Waals surface area contributed by atoms with Gasteiger partial charge in [0.05, 0.1) is 12.8 Å². The van der Waals surface area contributed by atoms with Crippen molar-refractivity contribution in [2.45, 2.75) is 25.8 Å². The van der Waals surface area contributed by atoms with Crippen molar-refractivity contribution in [1.82, 2.24) is 14.7 Å². The zero-order chi connectivity index (χ0) is 18.1. The quantitative estimate of drug-likeness (QED) is 0.776. The summed E-state index contributed by atoms with van der Waals surface area (Å²) < 4.78 is 6.67. The molecule has 136 valence electrons. The van der Waals surface area contributed by atoms with Crippen LogP contribution < -0.4 is 0 Å². The fourth-order valence-corrected chi connectivity index (χ4v) is 3.89. The number of ether oxygens (including phenoxy) is 1. The van der Waals surface area contributed by atoms with Gasteiger partial charge in [0.1, 0.15) is 0 Å². The summed E-state index contributed by atoms with van der Waals surface area (Å²) in [5.74, 6) is 0.345. The number of carbonyl (C=O) groups is 1. The minimum absolute atomic E-state index is 0.377. The van der Waals surface area contributed by atoms with Crippen molar-refractivity contribution in [3.8, 4) is 0 Å². The van der Waals surface area contributed by atoms with E-state index in [0.717, 1.165) is 37.7 Å². The van der Waals surface area contributed by atoms with Gasteiger partial charge in [-0.05, 0) is 42.4 Å². The molecule has 4 rings (SSSR count). The van der Waals surface area contributed by atoms with E-state index in [0.29, 0.717) is 5.69 Å². The summed E-state index contributed by atoms with van der Waals surface area (Å²) in [6.45, 7) is 2.94. The molecular weight excluding hydrogens is 326 g/mol. The van der Waals surface area contributed by atoms with Gasteiger partial charge in [-0.15, -0.1) is 0 Å². The molecule has 5 nitrogen and oxygen atoms in total. The van der Waals surface area contributed by atoms with Gasteiger partial charge < -0.3 is 4.74 Å². The summed E-state index contributed by atoms with van der Waals surface area (Å²) >= 11 is 0. The SMILES string of the molecule is COC(=O)c1cc(C2=C(C3CC3)CCN(Cc3ccccc3)C2)n(C)n1. The Hall–Kier alpha value is -2.40. The van der Waals surface area contributed by atoms with Gasteiger partial charge in [0.2, 0.25) is 0 Å². The van der Waals surface area contributed by atoms with Crippen LogP contribution in [0.15, 0.2) is 42.0 Å². The van der Waals surface area contributed by atoms with E-state index < -0.39 is 0 Å². The summed E-state index contributed by atoms with van der Waals surface area (Å²) in [6.07, 6.45) is 3.68. The Labute approximate surface area is 154 Å². The molecule has 1 aromatic carbocycles. The van der Waals surface area contributed by atoms with Crippen LogP contribution in [0, 0.1) is 5.92 Å². The molecule has 0 spiro atoms. The molecule has 0 radical (unpaired) electrons. The zero-order valence-corrected chi connectivity index (χ0v) is 15.4. The molecule has 2 aliphatic rings. The largest absolute Gasteiger partial charge is 0.464 e. The number of hydrogen-bond acceptors (Lipinski definition) is 4. The van der Waals surface area contributed by atoms with Crippen molar-refractivity contribution in [3.05, 3.63) is 58.9 Å². The van der Waals surface area contributed by atoms with Crippen molar-refractivity contribution < 1.29 is 9.53 Å². The van der Waals surface area contributed by atoms with Crippen LogP contribution in [-0.2, 0) is 18.3 Å². The van der Waals surface area contributed by atoms with Crippen LogP contribution in [0.25, 0.3) is 5.57 Å². The van der Waals surface area contributed by atoms with Crippen molar-refractivity contribution in [1.29, 1.82) is 0 Å². The summed E-state index contributed by atoms with van der Waals surface area (Å²) in [7, 11) is 3.31. The molecular formula is C21H25N3O2. The van der Waals surface area contributed by atoms with Crippen LogP contribution in [0.4, 0.5) is 0 Å². The third-order valence-electron chi connectivity index (χ3n) is 5.37. The van der Waals surface area contributed by atoms with E-state index in [-0.39, 0.29) is 5.97 Å². The Morgan fingerprint density at radius 3 is 2.73 bits per heavy atom. The summed E-state index contributed by atoms with van der Waals surface area (Å²) in [5.41, 5.74) is 5.67. The van der Waals surface area contributed by atoms with Gasteiger partial charge in [0.15, 0.2) is 5.69 Å². The van der Waals surface area contributed by atoms with Gasteiger partial charge in [-0.2, -0.15) is 5.10 Å². The summed E-state index contributed by atoms with van der Waals surface area (Å²) in [5, 5.41) is 4.37. The second kappa shape index (κ2) is 7.08. The number of esters is 1. The molecule has 1 aliphatic heterocycles. The maximum Gasteiger partial charge on any atom is 0.358 e. The van der Waals surface area contributed by atoms with Crippen LogP contribution in [-0.4, -0.2) is 40.8 Å². The lowest BCUT2D eigenvalue weighted by atomic mass is 9.93. The number of aromatic nitrogens is 2. The number of hydrogen-bond donors (Lipinski definition) is 0. The van der Waals surface area contributed by atoms with Crippen molar-refractivity contribution in [3.63, 3.8) is 0 Å². The predicted molar refractivity (Wildman–Crippen MR) is 101 cm³/mol. The summed E-state index contributed by atoms with van der Waals surface area (Å²) in [4.78, 5) is 14.4. The highest BCUT2D eigenvalue weighted by Crippen LogP contribution is 2.44. The first-order chi connectivity index (χ1) is 12.7. The topological polar surface area (TPSA) is 47.4 Å². The Bertz CT molecular complexity index is 834. The molecule has 1 aliphatic carbocycles. The van der Waals surface area contributed by atoms with Gasteiger partial charge in [0.25, 0.3) is 0 Å². The fraction of sp³-hybridized carbons (Fsp3) is 0.429. The lowest BCUT2D eigenvalue weighted by Gasteiger charge is -2.31. The van der Waals surface area contributed by atoms with Gasteiger partial charge in [-0.25, -0.2) is 4.79 Å². The molecule has 2 heterocycles. The Morgan fingerprint density at radius 2 is 2.04 bits per heavy atom. The van der Waals surface area contributed by atoms with E-state index in [1.807, 2.05) is 17.8 Å². The van der Waals surface area contributed by atoms with Gasteiger partial charge >= 0.3 is 5.97 Å². The van der Waals surface area contributed by atoms with E-state index in [9.17, 15) is 4.79 Å². The smallest absolute Gasteiger partial charge is 0.358 e. The van der Waals surface area contributed by atoms with Crippen molar-refractivity contribution in [2.75, 3.05) is 20.2 Å². The van der Waals surface area contributed by atoms with E-state index >= 15 is 0 Å². The average Bonchev–Trinajstić information content (AvgIpc) is 3.43. The second-order valence-corrected chi connectivity index (χ2v) is 7.25. The number of carbonyl (C=O) groups excluding carboxylic acids is 1. The molecule has 1 aromatic heterocycles. The normalized spacial score (nSPS) is 18.2. The number of benzene rings is 1. The number of aryl methyl sites for hydroxylation is 1. The van der Waals surface area contributed by atoms with Crippen molar-refractivity contribution >= 4 is 11.5 Å². The maximum absolute atomic E-state index is 11.9. The predicted octanol–water partition coefficient (Wildman–Crippen LogP) is 3.28. The average molecular weight is 351 g/mol. The van der Waals surface area contributed by atoms with Crippen LogP contribution in [0.3, 0.4) is 0 Å². The molecule has 26 heavy (non-hydrogen) atoms. The third kappa shape index (κ3) is 3.44. The third-order valence-corrected chi connectivity index (χ3v) is 5.37. The highest BCUT2D eigenvalue weighted by atomic mass is 16.5. The molecule has 1 saturated carbocycles. The van der Waals surface area contributed by atoms with E-state index in [4.69, 9.17) is 4.74 Å². The molecule has 2 aromatic rings. The second-order valence-electron chi connectivity index (χ2n) is 7.25. The van der Waals surface area contributed by atoms with E-state index in [1.165, 1.54) is 31.1 Å². The summed E-state index contributed by atoms with van der Waals surface area (Å²) in [6, 6.07) is 12.5. The van der Waals surface area contributed by atoms with Gasteiger partial charge in [-0.3, -0.25) is 9.58 Å². The Kier molecular flexibility index (Phi) is 4.64.